The quantitative estimate of drug-likeness (QED) is 0.611. The molecule has 0 bridgehead atoms. The van der Waals surface area contributed by atoms with Crippen molar-refractivity contribution in [3.05, 3.63) is 41.2 Å². The van der Waals surface area contributed by atoms with E-state index in [1.807, 2.05) is 0 Å². The van der Waals surface area contributed by atoms with E-state index >= 15 is 0 Å². The lowest BCUT2D eigenvalue weighted by Gasteiger charge is -2.18. The Labute approximate surface area is 118 Å². The molecule has 0 aromatic heterocycles. The lowest BCUT2D eigenvalue weighted by molar-refractivity contribution is 0.0263. The van der Waals surface area contributed by atoms with Gasteiger partial charge in [0.1, 0.15) is 0 Å². The molecule has 19 heavy (non-hydrogen) atoms. The molecule has 1 radical (unpaired) electrons. The topological polar surface area (TPSA) is 18.5 Å². The first-order valence-electron chi connectivity index (χ1n) is 7.34. The van der Waals surface area contributed by atoms with Gasteiger partial charge in [0.25, 0.3) is 6.29 Å². The average Bonchev–Trinajstić information content (AvgIpc) is 2.45. The Morgan fingerprint density at radius 1 is 1.00 bits per heavy atom. The summed E-state index contributed by atoms with van der Waals surface area (Å²) in [4.78, 5) is 0. The van der Waals surface area contributed by atoms with Crippen LogP contribution in [0.1, 0.15) is 56.2 Å². The summed E-state index contributed by atoms with van der Waals surface area (Å²) in [6.45, 7) is 4.45. The third kappa shape index (κ3) is 4.63. The van der Waals surface area contributed by atoms with Crippen LogP contribution in [0.4, 0.5) is 0 Å². The fraction of sp³-hybridized carbons (Fsp3) is 0.588. The van der Waals surface area contributed by atoms with Gasteiger partial charge < -0.3 is 9.47 Å². The molecule has 1 aromatic carbocycles. The van der Waals surface area contributed by atoms with Gasteiger partial charge in [0, 0.05) is 19.8 Å². The summed E-state index contributed by atoms with van der Waals surface area (Å²) < 4.78 is 10.7. The molecule has 0 fully saturated rings. The van der Waals surface area contributed by atoms with Gasteiger partial charge in [0.2, 0.25) is 0 Å². The van der Waals surface area contributed by atoms with Crippen molar-refractivity contribution in [2.75, 3.05) is 14.2 Å². The molecule has 0 N–H and O–H groups in total. The van der Waals surface area contributed by atoms with Crippen molar-refractivity contribution in [3.63, 3.8) is 0 Å². The van der Waals surface area contributed by atoms with Crippen molar-refractivity contribution in [1.29, 1.82) is 0 Å². The second-order valence-electron chi connectivity index (χ2n) is 4.80. The molecule has 0 spiro atoms. The van der Waals surface area contributed by atoms with E-state index in [0.29, 0.717) is 6.29 Å². The van der Waals surface area contributed by atoms with Crippen LogP contribution in [0.25, 0.3) is 0 Å². The Kier molecular flexibility index (Phi) is 7.76. The van der Waals surface area contributed by atoms with Crippen LogP contribution in [0.3, 0.4) is 0 Å². The molecular formula is C17H27O2. The van der Waals surface area contributed by atoms with E-state index in [2.05, 4.69) is 32.0 Å². The molecule has 0 saturated carbocycles. The molecule has 1 aromatic rings. The monoisotopic (exact) mass is 263 g/mol. The number of benzene rings is 1. The van der Waals surface area contributed by atoms with Gasteiger partial charge >= 0.3 is 0 Å². The van der Waals surface area contributed by atoms with Gasteiger partial charge in [-0.1, -0.05) is 51.3 Å². The molecule has 0 aliphatic heterocycles. The number of ether oxygens (including phenoxy) is 2. The summed E-state index contributed by atoms with van der Waals surface area (Å²) in [7, 11) is 3.33. The van der Waals surface area contributed by atoms with Crippen LogP contribution in [0.5, 0.6) is 0 Å². The van der Waals surface area contributed by atoms with Gasteiger partial charge in [-0.15, -0.1) is 0 Å². The first-order chi connectivity index (χ1) is 9.28. The van der Waals surface area contributed by atoms with Crippen LogP contribution < -0.4 is 0 Å². The third-order valence-corrected chi connectivity index (χ3v) is 3.52. The minimum Gasteiger partial charge on any atom is -0.345 e. The van der Waals surface area contributed by atoms with Crippen molar-refractivity contribution < 1.29 is 9.47 Å². The third-order valence-electron chi connectivity index (χ3n) is 3.52. The predicted molar refractivity (Wildman–Crippen MR) is 80.0 cm³/mol. The zero-order chi connectivity index (χ0) is 14.1. The molecule has 0 amide bonds. The fourth-order valence-electron chi connectivity index (χ4n) is 2.48. The first kappa shape index (κ1) is 16.2. The summed E-state index contributed by atoms with van der Waals surface area (Å²) in [5, 5.41) is 0. The number of rotatable bonds is 9. The summed E-state index contributed by atoms with van der Waals surface area (Å²) in [5.41, 5.74) is 3.90. The highest BCUT2D eigenvalue weighted by molar-refractivity contribution is 5.40. The van der Waals surface area contributed by atoms with Crippen molar-refractivity contribution in [3.8, 4) is 0 Å². The van der Waals surface area contributed by atoms with E-state index in [9.17, 15) is 0 Å². The minimum atomic E-state index is 0.626. The Balaban J connectivity index is 2.89. The van der Waals surface area contributed by atoms with Crippen molar-refractivity contribution in [1.82, 2.24) is 0 Å². The smallest absolute Gasteiger partial charge is 0.255 e. The maximum absolute atomic E-state index is 5.35. The van der Waals surface area contributed by atoms with Gasteiger partial charge in [0.15, 0.2) is 0 Å². The highest BCUT2D eigenvalue weighted by atomic mass is 16.7. The molecule has 107 valence electrons. The van der Waals surface area contributed by atoms with Crippen LogP contribution in [0.2, 0.25) is 0 Å². The minimum absolute atomic E-state index is 0.626. The Morgan fingerprint density at radius 2 is 1.74 bits per heavy atom. The van der Waals surface area contributed by atoms with Crippen LogP contribution in [0, 0.1) is 6.29 Å². The average molecular weight is 263 g/mol. The van der Waals surface area contributed by atoms with E-state index in [1.165, 1.54) is 36.8 Å². The van der Waals surface area contributed by atoms with E-state index in [-0.39, 0.29) is 0 Å². The number of methoxy groups -OCH3 is 2. The first-order valence-corrected chi connectivity index (χ1v) is 7.34. The van der Waals surface area contributed by atoms with Crippen molar-refractivity contribution in [2.24, 2.45) is 0 Å². The number of unbranched alkanes of at least 4 members (excludes halogenated alkanes) is 3. The van der Waals surface area contributed by atoms with Gasteiger partial charge in [-0.05, 0) is 30.4 Å². The van der Waals surface area contributed by atoms with E-state index in [1.54, 1.807) is 14.2 Å². The zero-order valence-corrected chi connectivity index (χ0v) is 12.8. The molecule has 1 rings (SSSR count). The Morgan fingerprint density at radius 3 is 2.32 bits per heavy atom. The fourth-order valence-corrected chi connectivity index (χ4v) is 2.48. The van der Waals surface area contributed by atoms with Crippen molar-refractivity contribution in [2.45, 2.75) is 52.4 Å². The second kappa shape index (κ2) is 9.11. The second-order valence-corrected chi connectivity index (χ2v) is 4.80. The van der Waals surface area contributed by atoms with Crippen molar-refractivity contribution >= 4 is 0 Å². The van der Waals surface area contributed by atoms with Gasteiger partial charge in [0.05, 0.1) is 0 Å². The van der Waals surface area contributed by atoms with Crippen LogP contribution in [-0.2, 0) is 22.3 Å². The summed E-state index contributed by atoms with van der Waals surface area (Å²) in [6.07, 6.45) is 7.90. The SMILES string of the molecule is CCCCCCc1c(CC)cccc1[C](OC)OC. The molecular weight excluding hydrogens is 236 g/mol. The molecule has 2 heteroatoms. The highest BCUT2D eigenvalue weighted by Gasteiger charge is 2.17. The zero-order valence-electron chi connectivity index (χ0n) is 12.8. The summed E-state index contributed by atoms with van der Waals surface area (Å²) >= 11 is 0. The van der Waals surface area contributed by atoms with E-state index in [0.717, 1.165) is 18.4 Å². The summed E-state index contributed by atoms with van der Waals surface area (Å²) in [6, 6.07) is 6.39. The molecule has 0 heterocycles. The van der Waals surface area contributed by atoms with Crippen LogP contribution in [-0.4, -0.2) is 14.2 Å². The van der Waals surface area contributed by atoms with Gasteiger partial charge in [-0.2, -0.15) is 0 Å². The lowest BCUT2D eigenvalue weighted by atomic mass is 9.94. The molecule has 0 aliphatic carbocycles. The normalized spacial score (nSPS) is 11.2. The van der Waals surface area contributed by atoms with Crippen LogP contribution in [0.15, 0.2) is 18.2 Å². The molecule has 0 unspecified atom stereocenters. The Bertz CT molecular complexity index is 356. The van der Waals surface area contributed by atoms with Crippen LogP contribution >= 0.6 is 0 Å². The van der Waals surface area contributed by atoms with Gasteiger partial charge in [-0.25, -0.2) is 0 Å². The standard InChI is InChI=1S/C17H27O2/c1-5-7-8-9-12-15-14(6-2)11-10-13-16(15)17(18-3)19-4/h10-11,13H,5-9,12H2,1-4H3. The van der Waals surface area contributed by atoms with E-state index < -0.39 is 0 Å². The number of hydrogen-bond donors (Lipinski definition) is 0. The molecule has 0 aliphatic rings. The summed E-state index contributed by atoms with van der Waals surface area (Å²) in [5.74, 6) is 0. The van der Waals surface area contributed by atoms with Gasteiger partial charge in [-0.3, -0.25) is 0 Å². The number of hydrogen-bond acceptors (Lipinski definition) is 2. The Hall–Kier alpha value is -0.860. The molecule has 0 atom stereocenters. The largest absolute Gasteiger partial charge is 0.345 e. The van der Waals surface area contributed by atoms with E-state index in [4.69, 9.17) is 9.47 Å². The maximum atomic E-state index is 5.35. The predicted octanol–water partition coefficient (Wildman–Crippen LogP) is 4.50. The molecule has 2 nitrogen and oxygen atoms in total. The highest BCUT2D eigenvalue weighted by Crippen LogP contribution is 2.26. The molecule has 0 saturated heterocycles. The number of aryl methyl sites for hydroxylation is 1. The maximum Gasteiger partial charge on any atom is 0.255 e. The lowest BCUT2D eigenvalue weighted by Crippen LogP contribution is -2.10.